The number of rotatable bonds is 0. The summed E-state index contributed by atoms with van der Waals surface area (Å²) in [7, 11) is 0. The van der Waals surface area contributed by atoms with E-state index in [9.17, 15) is 10.2 Å². The number of benzene rings is 1. The molecule has 0 heterocycles. The van der Waals surface area contributed by atoms with Gasteiger partial charge in [-0.05, 0) is 85.0 Å². The van der Waals surface area contributed by atoms with Crippen LogP contribution in [0.3, 0.4) is 0 Å². The summed E-state index contributed by atoms with van der Waals surface area (Å²) in [6.07, 6.45) is 6.78. The number of aliphatic hydroxyl groups is 1. The standard InChI is InChI=1S/C18H24O2/c1-18-9-8-14-13-5-3-12(19)10-11(13)2-4-15(14)16(18)6-7-17(18)20/h3,5,10,14-17,19-20H,2,4,6-9H2,1H3/t14?,15-,16?,17?,18+/m1/s1. The Morgan fingerprint density at radius 3 is 2.85 bits per heavy atom. The zero-order valence-electron chi connectivity index (χ0n) is 12.2. The Kier molecular flexibility index (Phi) is 2.69. The van der Waals surface area contributed by atoms with Crippen molar-refractivity contribution in [3.63, 3.8) is 0 Å². The summed E-state index contributed by atoms with van der Waals surface area (Å²) >= 11 is 0. The zero-order chi connectivity index (χ0) is 13.9. The summed E-state index contributed by atoms with van der Waals surface area (Å²) in [6.45, 7) is 2.32. The van der Waals surface area contributed by atoms with Crippen LogP contribution in [-0.4, -0.2) is 16.3 Å². The number of aromatic hydroxyl groups is 1. The molecule has 2 heteroatoms. The normalized spacial score (nSPS) is 42.7. The third-order valence-electron chi connectivity index (χ3n) is 6.66. The number of hydrogen-bond acceptors (Lipinski definition) is 2. The molecule has 0 aromatic heterocycles. The van der Waals surface area contributed by atoms with Gasteiger partial charge in [0.25, 0.3) is 0 Å². The van der Waals surface area contributed by atoms with Crippen LogP contribution >= 0.6 is 0 Å². The molecule has 2 nitrogen and oxygen atoms in total. The second-order valence-electron chi connectivity index (χ2n) is 7.44. The van der Waals surface area contributed by atoms with E-state index < -0.39 is 0 Å². The Labute approximate surface area is 120 Å². The van der Waals surface area contributed by atoms with Gasteiger partial charge in [-0.2, -0.15) is 0 Å². The molecule has 2 N–H and O–H groups in total. The largest absolute Gasteiger partial charge is 0.508 e. The Morgan fingerprint density at radius 1 is 1.15 bits per heavy atom. The minimum absolute atomic E-state index is 0.0883. The van der Waals surface area contributed by atoms with Gasteiger partial charge < -0.3 is 10.2 Å². The molecular formula is C18H24O2. The first kappa shape index (κ1) is 12.7. The maximum absolute atomic E-state index is 10.4. The van der Waals surface area contributed by atoms with Gasteiger partial charge in [0.05, 0.1) is 6.10 Å². The van der Waals surface area contributed by atoms with Gasteiger partial charge in [0.15, 0.2) is 0 Å². The lowest BCUT2D eigenvalue weighted by Gasteiger charge is -2.50. The summed E-state index contributed by atoms with van der Waals surface area (Å²) in [5.41, 5.74) is 2.99. The Balaban J connectivity index is 1.71. The van der Waals surface area contributed by atoms with Gasteiger partial charge in [-0.3, -0.25) is 0 Å². The molecule has 4 rings (SSSR count). The van der Waals surface area contributed by atoms with Crippen LogP contribution in [0.15, 0.2) is 18.2 Å². The Hall–Kier alpha value is -1.02. The maximum Gasteiger partial charge on any atom is 0.115 e. The molecule has 0 amide bonds. The third-order valence-corrected chi connectivity index (χ3v) is 6.66. The second-order valence-corrected chi connectivity index (χ2v) is 7.44. The van der Waals surface area contributed by atoms with Crippen molar-refractivity contribution in [3.05, 3.63) is 29.3 Å². The van der Waals surface area contributed by atoms with Crippen molar-refractivity contribution in [2.24, 2.45) is 17.3 Å². The predicted octanol–water partition coefficient (Wildman–Crippen LogP) is 3.61. The van der Waals surface area contributed by atoms with E-state index in [2.05, 4.69) is 13.0 Å². The second kappa shape index (κ2) is 4.24. The van der Waals surface area contributed by atoms with E-state index in [4.69, 9.17) is 0 Å². The number of hydrogen-bond donors (Lipinski definition) is 2. The maximum atomic E-state index is 10.4. The summed E-state index contributed by atoms with van der Waals surface area (Å²) < 4.78 is 0. The zero-order valence-corrected chi connectivity index (χ0v) is 12.2. The molecule has 108 valence electrons. The third kappa shape index (κ3) is 1.60. The minimum Gasteiger partial charge on any atom is -0.508 e. The molecule has 3 unspecified atom stereocenters. The number of phenolic OH excluding ortho intramolecular Hbond substituents is 1. The van der Waals surface area contributed by atoms with E-state index >= 15 is 0 Å². The summed E-state index contributed by atoms with van der Waals surface area (Å²) in [4.78, 5) is 0. The van der Waals surface area contributed by atoms with Gasteiger partial charge >= 0.3 is 0 Å². The molecule has 2 saturated carbocycles. The van der Waals surface area contributed by atoms with Gasteiger partial charge in [-0.1, -0.05) is 13.0 Å². The molecule has 0 saturated heterocycles. The first-order valence-electron chi connectivity index (χ1n) is 8.09. The van der Waals surface area contributed by atoms with Crippen molar-refractivity contribution >= 4 is 0 Å². The lowest BCUT2D eigenvalue weighted by Crippen LogP contribution is -2.43. The van der Waals surface area contributed by atoms with E-state index in [-0.39, 0.29) is 11.5 Å². The van der Waals surface area contributed by atoms with Crippen molar-refractivity contribution in [1.82, 2.24) is 0 Å². The highest BCUT2D eigenvalue weighted by Crippen LogP contribution is 2.60. The summed E-state index contributed by atoms with van der Waals surface area (Å²) in [6, 6.07) is 5.96. The molecule has 0 spiro atoms. The van der Waals surface area contributed by atoms with Gasteiger partial charge in [-0.25, -0.2) is 0 Å². The van der Waals surface area contributed by atoms with Crippen molar-refractivity contribution in [1.29, 1.82) is 0 Å². The van der Waals surface area contributed by atoms with Crippen molar-refractivity contribution in [2.45, 2.75) is 57.5 Å². The summed E-state index contributed by atoms with van der Waals surface area (Å²) in [5.74, 6) is 2.49. The molecule has 0 bridgehead atoms. The number of phenols is 1. The monoisotopic (exact) mass is 272 g/mol. The van der Waals surface area contributed by atoms with E-state index in [0.29, 0.717) is 17.6 Å². The highest BCUT2D eigenvalue weighted by atomic mass is 16.3. The smallest absolute Gasteiger partial charge is 0.115 e. The molecular weight excluding hydrogens is 248 g/mol. The fraction of sp³-hybridized carbons (Fsp3) is 0.667. The molecule has 1 aromatic carbocycles. The molecule has 0 aliphatic heterocycles. The van der Waals surface area contributed by atoms with Crippen LogP contribution in [0.4, 0.5) is 0 Å². The fourth-order valence-electron chi connectivity index (χ4n) is 5.54. The Morgan fingerprint density at radius 2 is 2.00 bits per heavy atom. The summed E-state index contributed by atoms with van der Waals surface area (Å²) in [5, 5.41) is 20.0. The van der Waals surface area contributed by atoms with Gasteiger partial charge in [0, 0.05) is 0 Å². The van der Waals surface area contributed by atoms with Crippen LogP contribution in [-0.2, 0) is 6.42 Å². The van der Waals surface area contributed by atoms with Crippen LogP contribution in [0.2, 0.25) is 0 Å². The fourth-order valence-corrected chi connectivity index (χ4v) is 5.54. The molecule has 3 aliphatic carbocycles. The van der Waals surface area contributed by atoms with Crippen LogP contribution < -0.4 is 0 Å². The molecule has 5 atom stereocenters. The lowest BCUT2D eigenvalue weighted by atomic mass is 9.55. The first-order valence-corrected chi connectivity index (χ1v) is 8.09. The topological polar surface area (TPSA) is 40.5 Å². The van der Waals surface area contributed by atoms with Crippen LogP contribution in [0.5, 0.6) is 5.75 Å². The lowest BCUT2D eigenvalue weighted by molar-refractivity contribution is -0.0226. The van der Waals surface area contributed by atoms with Crippen LogP contribution in [0.1, 0.15) is 56.1 Å². The van der Waals surface area contributed by atoms with E-state index in [1.165, 1.54) is 30.4 Å². The van der Waals surface area contributed by atoms with Crippen molar-refractivity contribution < 1.29 is 10.2 Å². The number of aryl methyl sites for hydroxylation is 1. The van der Waals surface area contributed by atoms with E-state index in [1.807, 2.05) is 12.1 Å². The molecule has 2 fully saturated rings. The van der Waals surface area contributed by atoms with Gasteiger partial charge in [0.2, 0.25) is 0 Å². The Bertz CT molecular complexity index is 538. The number of aliphatic hydroxyl groups excluding tert-OH is 1. The average Bonchev–Trinajstić information content (AvgIpc) is 2.74. The molecule has 0 radical (unpaired) electrons. The van der Waals surface area contributed by atoms with Gasteiger partial charge in [-0.15, -0.1) is 0 Å². The first-order chi connectivity index (χ1) is 9.59. The predicted molar refractivity (Wildman–Crippen MR) is 78.7 cm³/mol. The minimum atomic E-state index is -0.0883. The molecule has 20 heavy (non-hydrogen) atoms. The quantitative estimate of drug-likeness (QED) is 0.757. The average molecular weight is 272 g/mol. The van der Waals surface area contributed by atoms with Crippen molar-refractivity contribution in [3.8, 4) is 5.75 Å². The van der Waals surface area contributed by atoms with E-state index in [1.54, 1.807) is 0 Å². The highest BCUT2D eigenvalue weighted by Gasteiger charge is 2.54. The molecule has 1 aromatic rings. The van der Waals surface area contributed by atoms with Crippen LogP contribution in [0.25, 0.3) is 0 Å². The number of fused-ring (bicyclic) bond motifs is 5. The SMILES string of the molecule is C[C@]12CCC3c4ccc(O)cc4CC[C@H]3C1CCC2O. The molecule has 3 aliphatic rings. The van der Waals surface area contributed by atoms with Gasteiger partial charge in [0.1, 0.15) is 5.75 Å². The highest BCUT2D eigenvalue weighted by molar-refractivity contribution is 5.40. The van der Waals surface area contributed by atoms with Crippen LogP contribution in [0, 0.1) is 17.3 Å². The van der Waals surface area contributed by atoms with E-state index in [0.717, 1.165) is 25.2 Å². The van der Waals surface area contributed by atoms with Crippen molar-refractivity contribution in [2.75, 3.05) is 0 Å².